The molecule has 0 amide bonds. The van der Waals surface area contributed by atoms with E-state index in [1.54, 1.807) is 11.3 Å². The van der Waals surface area contributed by atoms with E-state index in [1.165, 1.54) is 5.56 Å². The van der Waals surface area contributed by atoms with E-state index in [9.17, 15) is 9.90 Å². The van der Waals surface area contributed by atoms with Crippen LogP contribution in [-0.4, -0.2) is 34.0 Å². The largest absolute Gasteiger partial charge is 0.481 e. The standard InChI is InChI=1S/C18H22N2O2S/c1-3-13-4-6-14(7-5-13)16-19-15(11-23-16)10-20-9-8-18(2,12-20)17(21)22/h4-7,11H,3,8-10,12H2,1-2H3,(H,21,22). The summed E-state index contributed by atoms with van der Waals surface area (Å²) in [7, 11) is 0. The molecule has 122 valence electrons. The second-order valence-electron chi connectivity index (χ2n) is 6.52. The molecule has 1 unspecified atom stereocenters. The lowest BCUT2D eigenvalue weighted by atomic mass is 9.90. The van der Waals surface area contributed by atoms with Crippen molar-refractivity contribution in [1.82, 2.24) is 9.88 Å². The molecule has 1 aromatic heterocycles. The Morgan fingerprint density at radius 1 is 1.39 bits per heavy atom. The summed E-state index contributed by atoms with van der Waals surface area (Å²) in [6.45, 7) is 6.13. The molecule has 0 saturated carbocycles. The van der Waals surface area contributed by atoms with Crippen LogP contribution in [0.25, 0.3) is 10.6 Å². The van der Waals surface area contributed by atoms with Crippen LogP contribution in [0.4, 0.5) is 0 Å². The number of likely N-dealkylation sites (tertiary alicyclic amines) is 1. The van der Waals surface area contributed by atoms with Crippen molar-refractivity contribution in [3.8, 4) is 10.6 Å². The van der Waals surface area contributed by atoms with Crippen molar-refractivity contribution in [2.45, 2.75) is 33.2 Å². The Morgan fingerprint density at radius 3 is 2.74 bits per heavy atom. The highest BCUT2D eigenvalue weighted by molar-refractivity contribution is 7.13. The molecule has 4 nitrogen and oxygen atoms in total. The van der Waals surface area contributed by atoms with Crippen LogP contribution >= 0.6 is 11.3 Å². The van der Waals surface area contributed by atoms with Crippen LogP contribution in [-0.2, 0) is 17.8 Å². The molecule has 1 fully saturated rings. The van der Waals surface area contributed by atoms with Gasteiger partial charge in [0, 0.05) is 24.0 Å². The first kappa shape index (κ1) is 16.1. The molecule has 0 radical (unpaired) electrons. The van der Waals surface area contributed by atoms with E-state index in [0.717, 1.165) is 35.8 Å². The number of thiazole rings is 1. The summed E-state index contributed by atoms with van der Waals surface area (Å²) in [5.74, 6) is -0.699. The maximum atomic E-state index is 11.3. The highest BCUT2D eigenvalue weighted by Gasteiger charge is 2.40. The maximum Gasteiger partial charge on any atom is 0.310 e. The van der Waals surface area contributed by atoms with Crippen molar-refractivity contribution in [1.29, 1.82) is 0 Å². The number of carbonyl (C=O) groups is 1. The van der Waals surface area contributed by atoms with Gasteiger partial charge in [0.15, 0.2) is 0 Å². The molecule has 0 bridgehead atoms. The van der Waals surface area contributed by atoms with Crippen molar-refractivity contribution in [3.05, 3.63) is 40.9 Å². The van der Waals surface area contributed by atoms with Gasteiger partial charge in [-0.1, -0.05) is 31.2 Å². The summed E-state index contributed by atoms with van der Waals surface area (Å²) in [5.41, 5.74) is 2.89. The minimum absolute atomic E-state index is 0.598. The molecule has 5 heteroatoms. The van der Waals surface area contributed by atoms with E-state index in [0.29, 0.717) is 13.0 Å². The van der Waals surface area contributed by atoms with Gasteiger partial charge in [0.05, 0.1) is 11.1 Å². The average molecular weight is 330 g/mol. The fourth-order valence-electron chi connectivity index (χ4n) is 2.99. The van der Waals surface area contributed by atoms with E-state index in [1.807, 2.05) is 6.92 Å². The summed E-state index contributed by atoms with van der Waals surface area (Å²) >= 11 is 1.65. The Hall–Kier alpha value is -1.72. The van der Waals surface area contributed by atoms with Crippen LogP contribution in [0.3, 0.4) is 0 Å². The van der Waals surface area contributed by atoms with Gasteiger partial charge < -0.3 is 5.11 Å². The molecule has 1 aromatic carbocycles. The quantitative estimate of drug-likeness (QED) is 0.909. The molecule has 23 heavy (non-hydrogen) atoms. The Kier molecular flexibility index (Phi) is 4.50. The molecule has 1 saturated heterocycles. The summed E-state index contributed by atoms with van der Waals surface area (Å²) in [6, 6.07) is 8.54. The average Bonchev–Trinajstić information content (AvgIpc) is 3.16. The topological polar surface area (TPSA) is 53.4 Å². The van der Waals surface area contributed by atoms with Crippen molar-refractivity contribution in [2.75, 3.05) is 13.1 Å². The van der Waals surface area contributed by atoms with Crippen LogP contribution in [0.1, 0.15) is 31.5 Å². The van der Waals surface area contributed by atoms with Crippen molar-refractivity contribution in [3.63, 3.8) is 0 Å². The van der Waals surface area contributed by atoms with E-state index in [4.69, 9.17) is 4.98 Å². The third-order valence-electron chi connectivity index (χ3n) is 4.62. The lowest BCUT2D eigenvalue weighted by molar-refractivity contribution is -0.147. The van der Waals surface area contributed by atoms with Gasteiger partial charge in [0.1, 0.15) is 5.01 Å². The first-order valence-corrected chi connectivity index (χ1v) is 8.87. The lowest BCUT2D eigenvalue weighted by Crippen LogP contribution is -2.31. The zero-order valence-electron chi connectivity index (χ0n) is 13.6. The van der Waals surface area contributed by atoms with Crippen molar-refractivity contribution >= 4 is 17.3 Å². The van der Waals surface area contributed by atoms with Gasteiger partial charge in [-0.3, -0.25) is 9.69 Å². The number of benzene rings is 1. The van der Waals surface area contributed by atoms with E-state index in [-0.39, 0.29) is 0 Å². The second kappa shape index (κ2) is 6.42. The number of aliphatic carboxylic acids is 1. The molecular formula is C18H22N2O2S. The van der Waals surface area contributed by atoms with Gasteiger partial charge in [-0.25, -0.2) is 4.98 Å². The van der Waals surface area contributed by atoms with Crippen LogP contribution in [0.5, 0.6) is 0 Å². The first-order valence-electron chi connectivity index (χ1n) is 7.99. The summed E-state index contributed by atoms with van der Waals surface area (Å²) in [5, 5.41) is 12.4. The summed E-state index contributed by atoms with van der Waals surface area (Å²) < 4.78 is 0. The second-order valence-corrected chi connectivity index (χ2v) is 7.38. The van der Waals surface area contributed by atoms with E-state index >= 15 is 0 Å². The third kappa shape index (κ3) is 3.46. The van der Waals surface area contributed by atoms with Crippen LogP contribution in [0.2, 0.25) is 0 Å². The van der Waals surface area contributed by atoms with E-state index < -0.39 is 11.4 Å². The number of rotatable bonds is 5. The van der Waals surface area contributed by atoms with Crippen LogP contribution in [0, 0.1) is 5.41 Å². The third-order valence-corrected chi connectivity index (χ3v) is 5.56. The predicted molar refractivity (Wildman–Crippen MR) is 92.6 cm³/mol. The Balaban J connectivity index is 1.67. The number of aromatic nitrogens is 1. The molecule has 1 atom stereocenters. The number of hydrogen-bond donors (Lipinski definition) is 1. The lowest BCUT2D eigenvalue weighted by Gasteiger charge is -2.19. The van der Waals surface area contributed by atoms with E-state index in [2.05, 4.69) is 41.5 Å². The maximum absolute atomic E-state index is 11.3. The molecule has 1 aliphatic heterocycles. The highest BCUT2D eigenvalue weighted by atomic mass is 32.1. The van der Waals surface area contributed by atoms with Crippen LogP contribution in [0.15, 0.2) is 29.6 Å². The fraction of sp³-hybridized carbons (Fsp3) is 0.444. The number of aryl methyl sites for hydroxylation is 1. The van der Waals surface area contributed by atoms with Gasteiger partial charge >= 0.3 is 5.97 Å². The van der Waals surface area contributed by atoms with Gasteiger partial charge in [-0.05, 0) is 31.9 Å². The molecule has 1 aliphatic rings. The van der Waals surface area contributed by atoms with Crippen molar-refractivity contribution < 1.29 is 9.90 Å². The summed E-state index contributed by atoms with van der Waals surface area (Å²) in [6.07, 6.45) is 1.75. The summed E-state index contributed by atoms with van der Waals surface area (Å²) in [4.78, 5) is 18.2. The monoisotopic (exact) mass is 330 g/mol. The molecule has 0 spiro atoms. The zero-order valence-corrected chi connectivity index (χ0v) is 14.4. The Labute approximate surface area is 140 Å². The van der Waals surface area contributed by atoms with Gasteiger partial charge in [-0.2, -0.15) is 0 Å². The number of nitrogens with zero attached hydrogens (tertiary/aromatic N) is 2. The SMILES string of the molecule is CCc1ccc(-c2nc(CN3CCC(C)(C(=O)O)C3)cs2)cc1. The molecule has 3 rings (SSSR count). The highest BCUT2D eigenvalue weighted by Crippen LogP contribution is 2.32. The smallest absolute Gasteiger partial charge is 0.310 e. The van der Waals surface area contributed by atoms with Gasteiger partial charge in [0.25, 0.3) is 0 Å². The molecule has 0 aliphatic carbocycles. The van der Waals surface area contributed by atoms with Crippen LogP contribution < -0.4 is 0 Å². The molecule has 1 N–H and O–H groups in total. The Bertz CT molecular complexity index is 695. The number of carboxylic acids is 1. The van der Waals surface area contributed by atoms with Gasteiger partial charge in [-0.15, -0.1) is 11.3 Å². The minimum Gasteiger partial charge on any atom is -0.481 e. The van der Waals surface area contributed by atoms with Gasteiger partial charge in [0.2, 0.25) is 0 Å². The fourth-order valence-corrected chi connectivity index (χ4v) is 3.81. The molecular weight excluding hydrogens is 308 g/mol. The first-order chi connectivity index (χ1) is 11.0. The van der Waals surface area contributed by atoms with Crippen molar-refractivity contribution in [2.24, 2.45) is 5.41 Å². The normalized spacial score (nSPS) is 21.7. The number of carboxylic acid groups (broad SMARTS) is 1. The predicted octanol–water partition coefficient (Wildman–Crippen LogP) is 3.67. The number of hydrogen-bond acceptors (Lipinski definition) is 4. The molecule has 2 aromatic rings. The minimum atomic E-state index is -0.699. The molecule has 2 heterocycles. The zero-order chi connectivity index (χ0) is 16.4. The Morgan fingerprint density at radius 2 is 2.13 bits per heavy atom.